The summed E-state index contributed by atoms with van der Waals surface area (Å²) in [4.78, 5) is 42.7. The number of nitrogens with one attached hydrogen (secondary N) is 1. The molecule has 1 aliphatic heterocycles. The summed E-state index contributed by atoms with van der Waals surface area (Å²) in [6.07, 6.45) is 0. The Bertz CT molecular complexity index is 1120. The molecule has 0 bridgehead atoms. The Kier molecular flexibility index (Phi) is 6.73. The number of nitrogens with zero attached hydrogens (tertiary/aromatic N) is 1. The first-order valence-electron chi connectivity index (χ1n) is 9.96. The third-order valence-electron chi connectivity index (χ3n) is 5.41. The number of para-hydroxylation sites is 1. The maximum atomic E-state index is 12.9. The van der Waals surface area contributed by atoms with Gasteiger partial charge in [-0.2, -0.15) is 0 Å². The van der Waals surface area contributed by atoms with Gasteiger partial charge < -0.3 is 20.5 Å². The second-order valence-corrected chi connectivity index (χ2v) is 7.39. The van der Waals surface area contributed by atoms with E-state index in [4.69, 9.17) is 15.2 Å². The molecular weight excluding hydrogens is 410 g/mol. The number of aliphatic imine (C=N–C) groups is 1. The van der Waals surface area contributed by atoms with Gasteiger partial charge in [0.25, 0.3) is 5.91 Å². The summed E-state index contributed by atoms with van der Waals surface area (Å²) in [7, 11) is 2.55. The van der Waals surface area contributed by atoms with E-state index in [-0.39, 0.29) is 11.5 Å². The third kappa shape index (κ3) is 4.39. The molecule has 2 aromatic carbocycles. The lowest BCUT2D eigenvalue weighted by Crippen LogP contribution is -2.36. The lowest BCUT2D eigenvalue weighted by Gasteiger charge is -2.32. The van der Waals surface area contributed by atoms with Crippen LogP contribution in [0.15, 0.2) is 64.8 Å². The predicted molar refractivity (Wildman–Crippen MR) is 121 cm³/mol. The zero-order chi connectivity index (χ0) is 23.4. The van der Waals surface area contributed by atoms with Gasteiger partial charge in [0.2, 0.25) is 0 Å². The lowest BCUT2D eigenvalue weighted by molar-refractivity contribution is -0.143. The van der Waals surface area contributed by atoms with Crippen molar-refractivity contribution in [1.82, 2.24) is 0 Å². The Morgan fingerprint density at radius 3 is 2.25 bits per heavy atom. The van der Waals surface area contributed by atoms with Gasteiger partial charge in [0.1, 0.15) is 5.92 Å². The van der Waals surface area contributed by atoms with E-state index in [0.29, 0.717) is 33.9 Å². The van der Waals surface area contributed by atoms with Gasteiger partial charge in [0.15, 0.2) is 0 Å². The van der Waals surface area contributed by atoms with E-state index in [2.05, 4.69) is 10.3 Å². The van der Waals surface area contributed by atoms with Gasteiger partial charge in [-0.15, -0.1) is 0 Å². The van der Waals surface area contributed by atoms with Crippen LogP contribution in [0.1, 0.15) is 35.7 Å². The summed E-state index contributed by atoms with van der Waals surface area (Å²) in [6.45, 7) is 3.40. The van der Waals surface area contributed by atoms with Crippen molar-refractivity contribution in [1.29, 1.82) is 0 Å². The average molecular weight is 435 g/mol. The number of hydrogen-bond acceptors (Lipinski definition) is 7. The molecular formula is C24H25N3O5. The molecule has 166 valence electrons. The SMILES string of the molecule is COC(=O)C1=C(C)N=C(C)C(C(=O)OC)C1c1ccccc1NC(=O)c1ccc(N)cc1. The molecule has 8 heteroatoms. The highest BCUT2D eigenvalue weighted by atomic mass is 16.5. The van der Waals surface area contributed by atoms with Gasteiger partial charge in [0.05, 0.1) is 19.8 Å². The van der Waals surface area contributed by atoms with Crippen molar-refractivity contribution in [2.45, 2.75) is 19.8 Å². The molecule has 0 spiro atoms. The summed E-state index contributed by atoms with van der Waals surface area (Å²) in [5.74, 6) is -3.10. The quantitative estimate of drug-likeness (QED) is 0.549. The van der Waals surface area contributed by atoms with Gasteiger partial charge >= 0.3 is 11.9 Å². The maximum Gasteiger partial charge on any atom is 0.336 e. The van der Waals surface area contributed by atoms with Crippen LogP contribution in [0.3, 0.4) is 0 Å². The second-order valence-electron chi connectivity index (χ2n) is 7.39. The fraction of sp³-hybridized carbons (Fsp3) is 0.250. The number of nitrogen functional groups attached to an aromatic ring is 1. The smallest absolute Gasteiger partial charge is 0.336 e. The Morgan fingerprint density at radius 1 is 0.969 bits per heavy atom. The zero-order valence-electron chi connectivity index (χ0n) is 18.3. The molecule has 2 atom stereocenters. The van der Waals surface area contributed by atoms with Gasteiger partial charge in [-0.05, 0) is 49.7 Å². The molecule has 8 nitrogen and oxygen atoms in total. The number of methoxy groups -OCH3 is 2. The van der Waals surface area contributed by atoms with Crippen molar-refractivity contribution in [3.05, 3.63) is 70.9 Å². The largest absolute Gasteiger partial charge is 0.468 e. The number of anilines is 2. The number of benzene rings is 2. The van der Waals surface area contributed by atoms with Gasteiger partial charge in [-0.25, -0.2) is 4.79 Å². The van der Waals surface area contributed by atoms with E-state index in [1.54, 1.807) is 62.4 Å². The van der Waals surface area contributed by atoms with Gasteiger partial charge in [-0.1, -0.05) is 18.2 Å². The van der Waals surface area contributed by atoms with E-state index < -0.39 is 23.8 Å². The van der Waals surface area contributed by atoms with Crippen molar-refractivity contribution in [3.8, 4) is 0 Å². The first-order valence-corrected chi connectivity index (χ1v) is 9.96. The molecule has 2 unspecified atom stereocenters. The number of ether oxygens (including phenoxy) is 2. The number of hydrogen-bond donors (Lipinski definition) is 2. The number of allylic oxidation sites excluding steroid dienone is 1. The van der Waals surface area contributed by atoms with E-state index >= 15 is 0 Å². The van der Waals surface area contributed by atoms with E-state index in [1.807, 2.05) is 0 Å². The molecule has 0 aromatic heterocycles. The van der Waals surface area contributed by atoms with Crippen LogP contribution in [-0.2, 0) is 19.1 Å². The van der Waals surface area contributed by atoms with Crippen molar-refractivity contribution in [3.63, 3.8) is 0 Å². The first-order chi connectivity index (χ1) is 15.3. The zero-order valence-corrected chi connectivity index (χ0v) is 18.3. The topological polar surface area (TPSA) is 120 Å². The van der Waals surface area contributed by atoms with Crippen LogP contribution in [0.4, 0.5) is 11.4 Å². The normalized spacial score (nSPS) is 17.9. The molecule has 0 aliphatic carbocycles. The average Bonchev–Trinajstić information content (AvgIpc) is 2.78. The van der Waals surface area contributed by atoms with Crippen LogP contribution in [0, 0.1) is 5.92 Å². The lowest BCUT2D eigenvalue weighted by atomic mass is 9.75. The van der Waals surface area contributed by atoms with E-state index in [9.17, 15) is 14.4 Å². The number of amides is 1. The van der Waals surface area contributed by atoms with Gasteiger partial charge in [-0.3, -0.25) is 14.6 Å². The molecule has 0 saturated carbocycles. The predicted octanol–water partition coefficient (Wildman–Crippen LogP) is 3.32. The summed E-state index contributed by atoms with van der Waals surface area (Å²) in [5, 5.41) is 2.88. The van der Waals surface area contributed by atoms with Crippen molar-refractivity contribution in [2.24, 2.45) is 10.9 Å². The monoisotopic (exact) mass is 435 g/mol. The molecule has 1 amide bonds. The Balaban J connectivity index is 2.11. The molecule has 0 radical (unpaired) electrons. The highest BCUT2D eigenvalue weighted by Crippen LogP contribution is 2.42. The minimum atomic E-state index is -0.854. The van der Waals surface area contributed by atoms with E-state index in [0.717, 1.165) is 0 Å². The molecule has 2 aromatic rings. The molecule has 1 aliphatic rings. The summed E-state index contributed by atoms with van der Waals surface area (Å²) < 4.78 is 10.0. The summed E-state index contributed by atoms with van der Waals surface area (Å²) in [5.41, 5.74) is 8.88. The van der Waals surface area contributed by atoms with Crippen molar-refractivity contribution in [2.75, 3.05) is 25.3 Å². The van der Waals surface area contributed by atoms with Crippen LogP contribution in [-0.4, -0.2) is 37.8 Å². The van der Waals surface area contributed by atoms with Crippen molar-refractivity contribution < 1.29 is 23.9 Å². The second kappa shape index (κ2) is 9.47. The number of carbonyl (C=O) groups excluding carboxylic acids is 3. The maximum absolute atomic E-state index is 12.9. The summed E-state index contributed by atoms with van der Waals surface area (Å²) >= 11 is 0. The Hall–Kier alpha value is -3.94. The minimum Gasteiger partial charge on any atom is -0.468 e. The van der Waals surface area contributed by atoms with Crippen LogP contribution >= 0.6 is 0 Å². The molecule has 1 heterocycles. The minimum absolute atomic E-state index is 0.239. The molecule has 0 fully saturated rings. The highest BCUT2D eigenvalue weighted by molar-refractivity contribution is 6.08. The number of esters is 2. The van der Waals surface area contributed by atoms with Crippen molar-refractivity contribution >= 4 is 34.9 Å². The third-order valence-corrected chi connectivity index (χ3v) is 5.41. The fourth-order valence-corrected chi connectivity index (χ4v) is 3.89. The molecule has 0 saturated heterocycles. The Morgan fingerprint density at radius 2 is 1.62 bits per heavy atom. The van der Waals surface area contributed by atoms with Crippen LogP contribution in [0.25, 0.3) is 0 Å². The highest BCUT2D eigenvalue weighted by Gasteiger charge is 2.43. The number of carbonyl (C=O) groups is 3. The molecule has 3 rings (SSSR count). The standard InChI is InChI=1S/C24H25N3O5/c1-13-19(23(29)31-3)21(20(14(2)26-13)24(30)32-4)17-7-5-6-8-18(17)27-22(28)15-9-11-16(25)12-10-15/h5-12,19,21H,25H2,1-4H3,(H,27,28). The van der Waals surface area contributed by atoms with E-state index in [1.165, 1.54) is 14.2 Å². The van der Waals surface area contributed by atoms with Crippen LogP contribution in [0.5, 0.6) is 0 Å². The van der Waals surface area contributed by atoms with Gasteiger partial charge in [0, 0.05) is 34.3 Å². The summed E-state index contributed by atoms with van der Waals surface area (Å²) in [6, 6.07) is 13.5. The van der Waals surface area contributed by atoms with Crippen LogP contribution < -0.4 is 11.1 Å². The molecule has 3 N–H and O–H groups in total. The van der Waals surface area contributed by atoms with Crippen LogP contribution in [0.2, 0.25) is 0 Å². The Labute approximate surface area is 186 Å². The first kappa shape index (κ1) is 22.7. The number of nitrogens with two attached hydrogens (primary N) is 1. The number of rotatable bonds is 5. The molecule has 32 heavy (non-hydrogen) atoms. The fourth-order valence-electron chi connectivity index (χ4n) is 3.89.